The Morgan fingerprint density at radius 2 is 1.35 bits per heavy atom. The van der Waals surface area contributed by atoms with Crippen LogP contribution >= 0.6 is 0 Å². The first-order valence-corrected chi connectivity index (χ1v) is 16.9. The summed E-state index contributed by atoms with van der Waals surface area (Å²) in [5, 5.41) is 3.07. The van der Waals surface area contributed by atoms with Gasteiger partial charge in [-0.05, 0) is 68.7 Å². The van der Waals surface area contributed by atoms with E-state index in [1.54, 1.807) is 104 Å². The number of rotatable bonds is 16. The Morgan fingerprint density at radius 3 is 1.90 bits per heavy atom. The largest absolute Gasteiger partial charge is 0.465 e. The number of aromatic nitrogens is 2. The molecule has 0 radical (unpaired) electrons. The first-order valence-electron chi connectivity index (χ1n) is 16.9. The third-order valence-electron chi connectivity index (χ3n) is 8.12. The van der Waals surface area contributed by atoms with Crippen molar-refractivity contribution >= 4 is 29.7 Å². The number of benzene rings is 3. The molecule has 3 aromatic carbocycles. The maximum Gasteiger partial charge on any atom is 0.351 e. The fraction of sp³-hybridized carbons (Fsp3) is 0.316. The molecule has 0 bridgehead atoms. The summed E-state index contributed by atoms with van der Waals surface area (Å²) in [6.07, 6.45) is -2.06. The van der Waals surface area contributed by atoms with Crippen molar-refractivity contribution in [2.75, 3.05) is 25.1 Å². The first kappa shape index (κ1) is 37.4. The van der Waals surface area contributed by atoms with Gasteiger partial charge in [-0.3, -0.25) is 9.36 Å². The molecule has 1 fully saturated rings. The Balaban J connectivity index is 1.37. The van der Waals surface area contributed by atoms with Gasteiger partial charge in [0.05, 0.1) is 23.3 Å². The number of hydrogen-bond donors (Lipinski definition) is 2. The zero-order valence-corrected chi connectivity index (χ0v) is 28.5. The highest BCUT2D eigenvalue weighted by atomic mass is 16.7. The van der Waals surface area contributed by atoms with E-state index >= 15 is 0 Å². The first-order chi connectivity index (χ1) is 25.2. The number of carbonyl (C=O) groups is 4. The van der Waals surface area contributed by atoms with Gasteiger partial charge >= 0.3 is 29.6 Å². The van der Waals surface area contributed by atoms with Gasteiger partial charge < -0.3 is 34.7 Å². The predicted molar refractivity (Wildman–Crippen MR) is 187 cm³/mol. The molecule has 3 N–H and O–H groups in total. The fourth-order valence-electron chi connectivity index (χ4n) is 5.46. The number of unbranched alkanes of at least 4 members (excludes halogenated alkanes) is 1. The molecule has 14 nitrogen and oxygen atoms in total. The summed E-state index contributed by atoms with van der Waals surface area (Å²) in [6.45, 7) is 2.01. The molecule has 0 saturated carbocycles. The van der Waals surface area contributed by atoms with Crippen molar-refractivity contribution in [3.8, 4) is 0 Å². The second kappa shape index (κ2) is 18.4. The van der Waals surface area contributed by atoms with Crippen molar-refractivity contribution in [1.82, 2.24) is 9.55 Å². The lowest BCUT2D eigenvalue weighted by atomic mass is 10.1. The highest BCUT2D eigenvalue weighted by Crippen LogP contribution is 2.35. The molecular formula is C38H40N4O10. The van der Waals surface area contributed by atoms with Crippen molar-refractivity contribution in [2.45, 2.75) is 56.8 Å². The molecule has 1 aliphatic rings. The molecule has 4 aromatic rings. The maximum absolute atomic E-state index is 13.5. The van der Waals surface area contributed by atoms with Crippen LogP contribution in [0.2, 0.25) is 0 Å². The van der Waals surface area contributed by atoms with Gasteiger partial charge in [-0.15, -0.1) is 0 Å². The van der Waals surface area contributed by atoms with Gasteiger partial charge in [0, 0.05) is 12.7 Å². The average Bonchev–Trinajstić information content (AvgIpc) is 3.50. The van der Waals surface area contributed by atoms with Crippen LogP contribution in [0, 0.1) is 0 Å². The summed E-state index contributed by atoms with van der Waals surface area (Å²) < 4.78 is 29.7. The van der Waals surface area contributed by atoms with Crippen LogP contribution in [0.4, 0.5) is 5.82 Å². The fourth-order valence-corrected chi connectivity index (χ4v) is 5.46. The van der Waals surface area contributed by atoms with Crippen molar-refractivity contribution in [3.05, 3.63) is 130 Å². The van der Waals surface area contributed by atoms with Crippen molar-refractivity contribution in [2.24, 2.45) is 5.73 Å². The number of carbonyl (C=O) groups excluding carboxylic acids is 4. The van der Waals surface area contributed by atoms with E-state index in [0.717, 1.165) is 4.57 Å². The van der Waals surface area contributed by atoms with Gasteiger partial charge in [0.25, 0.3) is 0 Å². The zero-order valence-electron chi connectivity index (χ0n) is 28.5. The van der Waals surface area contributed by atoms with E-state index in [1.807, 2.05) is 0 Å². The van der Waals surface area contributed by atoms with E-state index in [9.17, 15) is 24.0 Å². The summed E-state index contributed by atoms with van der Waals surface area (Å²) in [5.74, 6) is -2.34. The van der Waals surface area contributed by atoms with Crippen LogP contribution in [0.1, 0.15) is 63.5 Å². The summed E-state index contributed by atoms with van der Waals surface area (Å²) >= 11 is 0. The lowest BCUT2D eigenvalue weighted by Gasteiger charge is -2.25. The standard InChI is InChI=1S/C38H40N4O10/c1-2-48-37(46)28(39)20-12-13-22-40-30-21-23-42(38(47)41-30)33-32(52-36(45)27-18-10-5-11-19-27)31(51-35(44)26-16-8-4-9-17-26)29(50-33)24-49-34(43)25-14-6-3-7-15-25/h3-11,14-19,21,23,28-29,31-33H,2,12-13,20,22,24,39H2,1H3,(H,40,41,47)/t28?,29-,31-,32-,33-/m1/s1. The van der Waals surface area contributed by atoms with Crippen molar-refractivity contribution in [3.63, 3.8) is 0 Å². The van der Waals surface area contributed by atoms with E-state index in [4.69, 9.17) is 29.4 Å². The highest BCUT2D eigenvalue weighted by molar-refractivity contribution is 5.91. The summed E-state index contributed by atoms with van der Waals surface area (Å²) in [6, 6.07) is 25.4. The van der Waals surface area contributed by atoms with Crippen LogP contribution in [0.3, 0.4) is 0 Å². The topological polar surface area (TPSA) is 187 Å². The molecule has 0 aliphatic carbocycles. The minimum atomic E-state index is -1.37. The molecule has 0 spiro atoms. The summed E-state index contributed by atoms with van der Waals surface area (Å²) in [7, 11) is 0. The molecular weight excluding hydrogens is 672 g/mol. The number of ether oxygens (including phenoxy) is 5. The quantitative estimate of drug-likeness (QED) is 0.0968. The highest BCUT2D eigenvalue weighted by Gasteiger charge is 2.51. The monoisotopic (exact) mass is 712 g/mol. The molecule has 14 heteroatoms. The molecule has 5 atom stereocenters. The lowest BCUT2D eigenvalue weighted by molar-refractivity contribution is -0.144. The number of nitrogens with two attached hydrogens (primary N) is 1. The third-order valence-corrected chi connectivity index (χ3v) is 8.12. The van der Waals surface area contributed by atoms with Gasteiger partial charge in [-0.25, -0.2) is 19.2 Å². The molecule has 5 rings (SSSR count). The summed E-state index contributed by atoms with van der Waals surface area (Å²) in [4.78, 5) is 69.0. The third kappa shape index (κ3) is 9.89. The Hall–Kier alpha value is -5.86. The van der Waals surface area contributed by atoms with Crippen LogP contribution < -0.4 is 16.7 Å². The Labute approximate surface area is 299 Å². The van der Waals surface area contributed by atoms with Gasteiger partial charge in [-0.2, -0.15) is 4.98 Å². The Bertz CT molecular complexity index is 1860. The molecule has 1 saturated heterocycles. The molecule has 1 aromatic heterocycles. The van der Waals surface area contributed by atoms with Gasteiger partial charge in [-0.1, -0.05) is 54.6 Å². The van der Waals surface area contributed by atoms with Gasteiger partial charge in [0.1, 0.15) is 24.6 Å². The summed E-state index contributed by atoms with van der Waals surface area (Å²) in [5.41, 5.74) is 5.82. The van der Waals surface area contributed by atoms with E-state index < -0.39 is 66.8 Å². The lowest BCUT2D eigenvalue weighted by Crippen LogP contribution is -2.42. The second-order valence-corrected chi connectivity index (χ2v) is 11.8. The van der Waals surface area contributed by atoms with Gasteiger partial charge in [0.2, 0.25) is 0 Å². The van der Waals surface area contributed by atoms with E-state index in [-0.39, 0.29) is 29.1 Å². The van der Waals surface area contributed by atoms with E-state index in [0.29, 0.717) is 25.8 Å². The second-order valence-electron chi connectivity index (χ2n) is 11.8. The Morgan fingerprint density at radius 1 is 0.788 bits per heavy atom. The maximum atomic E-state index is 13.5. The normalized spacial score (nSPS) is 18.5. The Kier molecular flexibility index (Phi) is 13.2. The minimum Gasteiger partial charge on any atom is -0.465 e. The van der Waals surface area contributed by atoms with Crippen LogP contribution in [0.25, 0.3) is 0 Å². The number of anilines is 1. The smallest absolute Gasteiger partial charge is 0.351 e. The van der Waals surface area contributed by atoms with Crippen LogP contribution in [0.15, 0.2) is 108 Å². The van der Waals surface area contributed by atoms with Crippen molar-refractivity contribution in [1.29, 1.82) is 0 Å². The van der Waals surface area contributed by atoms with Crippen LogP contribution in [-0.2, 0) is 28.5 Å². The SMILES string of the molecule is CCOC(=O)C(N)CCCCNc1ccn([C@@H]2O[C@H](COC(=O)c3ccccc3)[C@@H](OC(=O)c3ccccc3)[C@H]2OC(=O)c2ccccc2)c(=O)n1. The number of esters is 4. The van der Waals surface area contributed by atoms with E-state index in [2.05, 4.69) is 10.3 Å². The number of nitrogens with zero attached hydrogens (tertiary/aromatic N) is 2. The predicted octanol–water partition coefficient (Wildman–Crippen LogP) is 3.92. The molecule has 272 valence electrons. The van der Waals surface area contributed by atoms with Crippen molar-refractivity contribution < 1.29 is 42.9 Å². The van der Waals surface area contributed by atoms with Gasteiger partial charge in [0.15, 0.2) is 18.4 Å². The van der Waals surface area contributed by atoms with Crippen LogP contribution in [-0.4, -0.2) is 77.5 Å². The molecule has 1 aliphatic heterocycles. The number of nitrogens with one attached hydrogen (secondary N) is 1. The van der Waals surface area contributed by atoms with Crippen LogP contribution in [0.5, 0.6) is 0 Å². The molecule has 0 amide bonds. The molecule has 52 heavy (non-hydrogen) atoms. The minimum absolute atomic E-state index is 0.210. The van der Waals surface area contributed by atoms with E-state index in [1.165, 1.54) is 6.20 Å². The average molecular weight is 713 g/mol. The molecule has 1 unspecified atom stereocenters. The molecule has 2 heterocycles. The number of hydrogen-bond acceptors (Lipinski definition) is 13. The zero-order chi connectivity index (χ0) is 36.9.